The van der Waals surface area contributed by atoms with Crippen LogP contribution in [0.2, 0.25) is 0 Å². The average molecular weight is 363 g/mol. The normalized spacial score (nSPS) is 16.0. The van der Waals surface area contributed by atoms with Crippen LogP contribution in [0.5, 0.6) is 0 Å². The van der Waals surface area contributed by atoms with Gasteiger partial charge < -0.3 is 31.6 Å². The molecule has 0 aliphatic heterocycles. The second-order valence-electron chi connectivity index (χ2n) is 5.67. The van der Waals surface area contributed by atoms with Crippen molar-refractivity contribution in [1.29, 1.82) is 0 Å². The molecule has 0 aromatic carbocycles. The summed E-state index contributed by atoms with van der Waals surface area (Å²) in [7, 11) is 1.65. The van der Waals surface area contributed by atoms with Crippen LogP contribution < -0.4 is 26.4 Å². The molecule has 0 radical (unpaired) electrons. The Morgan fingerprint density at radius 3 is 2.50 bits per heavy atom. The van der Waals surface area contributed by atoms with E-state index in [2.05, 4.69) is 33.5 Å². The third-order valence-corrected chi connectivity index (χ3v) is 3.92. The van der Waals surface area contributed by atoms with E-state index in [1.165, 1.54) is 6.92 Å². The molecule has 3 atom stereocenters. The number of rotatable bonds is 14. The van der Waals surface area contributed by atoms with Crippen LogP contribution in [0, 0.1) is 0 Å². The van der Waals surface area contributed by atoms with Gasteiger partial charge in [-0.2, -0.15) is 0 Å². The van der Waals surface area contributed by atoms with Gasteiger partial charge in [-0.05, 0) is 33.2 Å². The van der Waals surface area contributed by atoms with Crippen molar-refractivity contribution in [2.75, 3.05) is 26.7 Å². The van der Waals surface area contributed by atoms with Gasteiger partial charge in [-0.15, -0.1) is 0 Å². The van der Waals surface area contributed by atoms with Crippen LogP contribution in [0.25, 0.3) is 0 Å². The molecule has 0 aromatic heterocycles. The molecule has 24 heavy (non-hydrogen) atoms. The summed E-state index contributed by atoms with van der Waals surface area (Å²) in [5.41, 5.74) is 4.35. The molecule has 0 aliphatic rings. The maximum Gasteiger partial charge on any atom is 0.237 e. The molecular weight excluding hydrogens is 334 g/mol. The van der Waals surface area contributed by atoms with E-state index in [1.807, 2.05) is 0 Å². The van der Waals surface area contributed by atoms with E-state index < -0.39 is 23.6 Å². The van der Waals surface area contributed by atoms with E-state index >= 15 is 0 Å². The summed E-state index contributed by atoms with van der Waals surface area (Å²) >= 11 is 3.74. The molecule has 7 N–H and O–H groups in total. The zero-order valence-electron chi connectivity index (χ0n) is 14.2. The van der Waals surface area contributed by atoms with Crippen molar-refractivity contribution in [3.8, 4) is 0 Å². The summed E-state index contributed by atoms with van der Waals surface area (Å²) in [5.74, 6) is -0.829. The van der Waals surface area contributed by atoms with Gasteiger partial charge in [-0.3, -0.25) is 14.3 Å². The second-order valence-corrected chi connectivity index (χ2v) is 5.98. The number of unbranched alkanes of at least 4 members (excludes halogenated alkanes) is 1. The van der Waals surface area contributed by atoms with Gasteiger partial charge in [-0.1, -0.05) is 12.8 Å². The summed E-state index contributed by atoms with van der Waals surface area (Å²) in [6, 6.07) is -0.925. The molecule has 10 heteroatoms. The number of nitrogens with two attached hydrogens (primary N) is 1. The minimum atomic E-state index is -0.959. The topological polar surface area (TPSA) is 146 Å². The molecule has 0 fully saturated rings. The monoisotopic (exact) mass is 363 g/mol. The molecule has 2 amide bonds. The van der Waals surface area contributed by atoms with Crippen LogP contribution in [0.1, 0.15) is 26.2 Å². The van der Waals surface area contributed by atoms with Gasteiger partial charge in [0.2, 0.25) is 11.8 Å². The lowest BCUT2D eigenvalue weighted by atomic mass is 9.93. The molecule has 0 rings (SSSR count). The Labute approximate surface area is 148 Å². The molecule has 0 saturated heterocycles. The molecule has 0 saturated carbocycles. The van der Waals surface area contributed by atoms with Crippen LogP contribution in [0.4, 0.5) is 0 Å². The van der Waals surface area contributed by atoms with Crippen LogP contribution in [0.3, 0.4) is 0 Å². The summed E-state index contributed by atoms with van der Waals surface area (Å²) in [6.07, 6.45) is 1.71. The minimum absolute atomic E-state index is 0.135. The van der Waals surface area contributed by atoms with Gasteiger partial charge in [0.25, 0.3) is 0 Å². The van der Waals surface area contributed by atoms with Crippen molar-refractivity contribution < 1.29 is 19.5 Å². The third-order valence-electron chi connectivity index (χ3n) is 3.76. The zero-order valence-corrected chi connectivity index (χ0v) is 15.1. The number of aliphatic hydroxyl groups is 1. The Hall–Kier alpha value is -1.20. The van der Waals surface area contributed by atoms with E-state index in [1.54, 1.807) is 7.05 Å². The number of thiol groups is 1. The largest absolute Gasteiger partial charge is 0.391 e. The standard InChI is InChI=1S/C14H29N5O4S/c1-10(21)12(13(15)23)18-8-14(9-20,16-2)5-3-4-6-17-11(22)7-19-24/h9-10,12,16,18-19,21,24H,3-8H2,1-2H3,(H2,15,23)(H,17,22). The predicted molar refractivity (Wildman–Crippen MR) is 94.4 cm³/mol. The van der Waals surface area contributed by atoms with Crippen molar-refractivity contribution in [2.45, 2.75) is 43.9 Å². The number of amides is 2. The van der Waals surface area contributed by atoms with Crippen molar-refractivity contribution >= 4 is 30.9 Å². The first-order chi connectivity index (χ1) is 11.3. The molecule has 0 bridgehead atoms. The molecule has 0 aromatic rings. The Morgan fingerprint density at radius 2 is 2.04 bits per heavy atom. The lowest BCUT2D eigenvalue weighted by molar-refractivity contribution is -0.123. The summed E-state index contributed by atoms with van der Waals surface area (Å²) < 4.78 is 2.46. The third kappa shape index (κ3) is 8.60. The molecular formula is C14H29N5O4S. The van der Waals surface area contributed by atoms with Crippen molar-refractivity contribution in [2.24, 2.45) is 5.73 Å². The molecule has 140 valence electrons. The number of hydrogen-bond acceptors (Lipinski definition) is 8. The van der Waals surface area contributed by atoms with Gasteiger partial charge in [0.1, 0.15) is 12.3 Å². The summed E-state index contributed by atoms with van der Waals surface area (Å²) in [5, 5.41) is 18.0. The highest BCUT2D eigenvalue weighted by Gasteiger charge is 2.30. The van der Waals surface area contributed by atoms with Gasteiger partial charge in [0.15, 0.2) is 0 Å². The fraction of sp³-hybridized carbons (Fsp3) is 0.786. The number of aldehydes is 1. The van der Waals surface area contributed by atoms with E-state index in [4.69, 9.17) is 5.73 Å². The Balaban J connectivity index is 4.37. The smallest absolute Gasteiger partial charge is 0.237 e. The number of carbonyl (C=O) groups excluding carboxylic acids is 3. The summed E-state index contributed by atoms with van der Waals surface area (Å²) in [4.78, 5) is 34.0. The molecule has 0 heterocycles. The molecule has 0 aliphatic carbocycles. The second kappa shape index (κ2) is 12.2. The number of nitrogens with one attached hydrogen (secondary N) is 4. The van der Waals surface area contributed by atoms with Gasteiger partial charge in [0, 0.05) is 13.1 Å². The molecule has 3 unspecified atom stereocenters. The van der Waals surface area contributed by atoms with Gasteiger partial charge in [0.05, 0.1) is 18.2 Å². The van der Waals surface area contributed by atoms with Crippen molar-refractivity contribution in [3.05, 3.63) is 0 Å². The Morgan fingerprint density at radius 1 is 1.38 bits per heavy atom. The molecule has 9 nitrogen and oxygen atoms in total. The SMILES string of the molecule is CNC(C=O)(CCCCNC(=O)CNS)CNC(C(N)=O)C(C)O. The minimum Gasteiger partial charge on any atom is -0.391 e. The maximum absolute atomic E-state index is 11.5. The number of likely N-dealkylation sites (N-methyl/N-ethyl adjacent to an activating group) is 1. The number of primary amides is 1. The Bertz CT molecular complexity index is 411. The van der Waals surface area contributed by atoms with Crippen molar-refractivity contribution in [3.63, 3.8) is 0 Å². The van der Waals surface area contributed by atoms with E-state index in [-0.39, 0.29) is 19.0 Å². The first-order valence-electron chi connectivity index (χ1n) is 7.81. The lowest BCUT2D eigenvalue weighted by Crippen LogP contribution is -2.58. The predicted octanol–water partition coefficient (Wildman–Crippen LogP) is -2.31. The van der Waals surface area contributed by atoms with Crippen LogP contribution in [-0.4, -0.2) is 67.6 Å². The van der Waals surface area contributed by atoms with E-state index in [0.717, 1.165) is 6.29 Å². The fourth-order valence-corrected chi connectivity index (χ4v) is 2.33. The zero-order chi connectivity index (χ0) is 18.6. The average Bonchev–Trinajstić information content (AvgIpc) is 2.52. The van der Waals surface area contributed by atoms with Gasteiger partial charge >= 0.3 is 0 Å². The first-order valence-corrected chi connectivity index (χ1v) is 8.26. The number of carbonyl (C=O) groups is 3. The van der Waals surface area contributed by atoms with Crippen molar-refractivity contribution in [1.82, 2.24) is 20.7 Å². The highest BCUT2D eigenvalue weighted by Crippen LogP contribution is 2.11. The number of aliphatic hydroxyl groups excluding tert-OH is 1. The highest BCUT2D eigenvalue weighted by molar-refractivity contribution is 7.78. The Kier molecular flexibility index (Phi) is 11.6. The van der Waals surface area contributed by atoms with Crippen LogP contribution in [-0.2, 0) is 14.4 Å². The highest BCUT2D eigenvalue weighted by atomic mass is 32.1. The quantitative estimate of drug-likeness (QED) is 0.104. The maximum atomic E-state index is 11.5. The summed E-state index contributed by atoms with van der Waals surface area (Å²) in [6.45, 7) is 2.24. The lowest BCUT2D eigenvalue weighted by Gasteiger charge is -2.30. The van der Waals surface area contributed by atoms with E-state index in [0.29, 0.717) is 25.8 Å². The number of hydrogen-bond donors (Lipinski definition) is 7. The molecule has 0 spiro atoms. The van der Waals surface area contributed by atoms with Gasteiger partial charge in [-0.25, -0.2) is 0 Å². The van der Waals surface area contributed by atoms with E-state index in [9.17, 15) is 19.5 Å². The fourth-order valence-electron chi connectivity index (χ4n) is 2.19. The van der Waals surface area contributed by atoms with Crippen LogP contribution in [0.15, 0.2) is 0 Å². The van der Waals surface area contributed by atoms with Crippen LogP contribution >= 0.6 is 12.8 Å². The first kappa shape index (κ1) is 22.8.